The van der Waals surface area contributed by atoms with Gasteiger partial charge < -0.3 is 9.30 Å². The highest BCUT2D eigenvalue weighted by atomic mass is 79.9. The molecule has 0 aliphatic rings. The maximum Gasteiger partial charge on any atom is 0.277 e. The number of nitrogens with one attached hydrogen (secondary N) is 1. The van der Waals surface area contributed by atoms with Crippen molar-refractivity contribution in [2.75, 3.05) is 6.61 Å². The maximum atomic E-state index is 11.6. The van der Waals surface area contributed by atoms with Crippen LogP contribution in [-0.4, -0.2) is 23.3 Å². The molecule has 0 atom stereocenters. The van der Waals surface area contributed by atoms with Gasteiger partial charge in [0.25, 0.3) is 5.91 Å². The van der Waals surface area contributed by atoms with E-state index in [0.29, 0.717) is 5.75 Å². The van der Waals surface area contributed by atoms with Gasteiger partial charge in [-0.3, -0.25) is 4.79 Å². The molecule has 1 heterocycles. The molecule has 2 aromatic rings. The van der Waals surface area contributed by atoms with Gasteiger partial charge in [-0.25, -0.2) is 5.43 Å². The average Bonchev–Trinajstić information content (AvgIpc) is 2.83. The van der Waals surface area contributed by atoms with Crippen molar-refractivity contribution in [2.45, 2.75) is 0 Å². The Morgan fingerprint density at radius 2 is 2.24 bits per heavy atom. The first kappa shape index (κ1) is 15.8. The fourth-order valence-electron chi connectivity index (χ4n) is 1.55. The second kappa shape index (κ2) is 7.42. The summed E-state index contributed by atoms with van der Waals surface area (Å²) in [7, 11) is 1.92. The number of hydrogen-bond donors (Lipinski definition) is 1. The lowest BCUT2D eigenvalue weighted by atomic mass is 10.3. The second-order valence-electron chi connectivity index (χ2n) is 4.27. The molecule has 0 bridgehead atoms. The van der Waals surface area contributed by atoms with Crippen LogP contribution in [-0.2, 0) is 11.8 Å². The normalized spacial score (nSPS) is 10.8. The zero-order valence-electron chi connectivity index (χ0n) is 11.2. The van der Waals surface area contributed by atoms with Crippen LogP contribution in [0.3, 0.4) is 0 Å². The Kier molecular flexibility index (Phi) is 5.58. The van der Waals surface area contributed by atoms with Gasteiger partial charge in [-0.05, 0) is 40.2 Å². The van der Waals surface area contributed by atoms with Gasteiger partial charge in [0.2, 0.25) is 0 Å². The number of ether oxygens (including phenoxy) is 1. The fourth-order valence-corrected chi connectivity index (χ4v) is 2.71. The summed E-state index contributed by atoms with van der Waals surface area (Å²) < 4.78 is 9.01. The molecule has 0 spiro atoms. The summed E-state index contributed by atoms with van der Waals surface area (Å²) >= 11 is 6.71. The zero-order chi connectivity index (χ0) is 15.2. The van der Waals surface area contributed by atoms with Crippen molar-refractivity contribution in [3.63, 3.8) is 0 Å². The Morgan fingerprint density at radius 3 is 2.90 bits per heavy atom. The highest BCUT2D eigenvalue weighted by Gasteiger charge is 2.05. The first-order valence-corrected chi connectivity index (χ1v) is 7.65. The van der Waals surface area contributed by atoms with E-state index in [1.807, 2.05) is 42.2 Å². The number of hydrazone groups is 1. The number of benzene rings is 1. The van der Waals surface area contributed by atoms with Gasteiger partial charge in [-0.1, -0.05) is 15.9 Å². The predicted molar refractivity (Wildman–Crippen MR) is 88.5 cm³/mol. The Hall–Kier alpha value is -1.60. The number of aromatic nitrogens is 1. The standard InChI is InChI=1S/C14H13Br2N3O2/c1-19-5-4-10(8-19)7-17-18-14(20)9-21-13-3-2-11(15)6-12(13)16/h2-8H,9H2,1H3,(H,18,20)/b17-7+. The van der Waals surface area contributed by atoms with Crippen LogP contribution in [0.1, 0.15) is 5.56 Å². The van der Waals surface area contributed by atoms with Crippen LogP contribution in [0.25, 0.3) is 0 Å². The molecule has 0 saturated carbocycles. The molecule has 0 aliphatic heterocycles. The van der Waals surface area contributed by atoms with Crippen molar-refractivity contribution in [2.24, 2.45) is 12.1 Å². The number of nitrogens with zero attached hydrogens (tertiary/aromatic N) is 2. The number of aryl methyl sites for hydroxylation is 1. The number of carbonyl (C=O) groups excluding carboxylic acids is 1. The van der Waals surface area contributed by atoms with Crippen LogP contribution in [0.5, 0.6) is 5.75 Å². The van der Waals surface area contributed by atoms with Gasteiger partial charge in [-0.15, -0.1) is 0 Å². The number of rotatable bonds is 5. The molecule has 0 unspecified atom stereocenters. The zero-order valence-corrected chi connectivity index (χ0v) is 14.4. The number of carbonyl (C=O) groups is 1. The molecular formula is C14H13Br2N3O2. The van der Waals surface area contributed by atoms with Crippen LogP contribution in [0.4, 0.5) is 0 Å². The van der Waals surface area contributed by atoms with Gasteiger partial charge >= 0.3 is 0 Å². The van der Waals surface area contributed by atoms with Crippen LogP contribution in [0.2, 0.25) is 0 Å². The van der Waals surface area contributed by atoms with E-state index < -0.39 is 0 Å². The molecular weight excluding hydrogens is 402 g/mol. The van der Waals surface area contributed by atoms with E-state index in [1.165, 1.54) is 0 Å². The quantitative estimate of drug-likeness (QED) is 0.603. The summed E-state index contributed by atoms with van der Waals surface area (Å²) in [5.74, 6) is 0.275. The van der Waals surface area contributed by atoms with Crippen molar-refractivity contribution in [3.05, 3.63) is 51.2 Å². The summed E-state index contributed by atoms with van der Waals surface area (Å²) in [6, 6.07) is 7.35. The van der Waals surface area contributed by atoms with Gasteiger partial charge in [0.15, 0.2) is 6.61 Å². The third-order valence-electron chi connectivity index (χ3n) is 2.51. The largest absolute Gasteiger partial charge is 0.483 e. The van der Waals surface area contributed by atoms with E-state index in [-0.39, 0.29) is 12.5 Å². The molecule has 0 aliphatic carbocycles. The molecule has 110 valence electrons. The third kappa shape index (κ3) is 5.02. The van der Waals surface area contributed by atoms with E-state index in [1.54, 1.807) is 12.3 Å². The molecule has 5 nitrogen and oxygen atoms in total. The minimum Gasteiger partial charge on any atom is -0.483 e. The van der Waals surface area contributed by atoms with Crippen molar-refractivity contribution < 1.29 is 9.53 Å². The molecule has 0 saturated heterocycles. The summed E-state index contributed by atoms with van der Waals surface area (Å²) in [4.78, 5) is 11.6. The highest BCUT2D eigenvalue weighted by Crippen LogP contribution is 2.27. The Bertz CT molecular complexity index is 668. The molecule has 1 amide bonds. The van der Waals surface area contributed by atoms with Gasteiger partial charge in [0, 0.05) is 29.5 Å². The summed E-state index contributed by atoms with van der Waals surface area (Å²) in [5.41, 5.74) is 3.32. The molecule has 1 N–H and O–H groups in total. The predicted octanol–water partition coefficient (Wildman–Crippen LogP) is 3.08. The number of amides is 1. The average molecular weight is 415 g/mol. The summed E-state index contributed by atoms with van der Waals surface area (Å²) in [5, 5.41) is 3.87. The van der Waals surface area contributed by atoms with Crippen LogP contribution in [0.15, 0.2) is 50.7 Å². The van der Waals surface area contributed by atoms with Gasteiger partial charge in [-0.2, -0.15) is 5.10 Å². The third-order valence-corrected chi connectivity index (χ3v) is 3.62. The highest BCUT2D eigenvalue weighted by molar-refractivity contribution is 9.11. The molecule has 7 heteroatoms. The molecule has 0 radical (unpaired) electrons. The molecule has 0 fully saturated rings. The topological polar surface area (TPSA) is 55.6 Å². The SMILES string of the molecule is Cn1ccc(/C=N/NC(=O)COc2ccc(Br)cc2Br)c1. The first-order chi connectivity index (χ1) is 10.0. The fraction of sp³-hybridized carbons (Fsp3) is 0.143. The minimum atomic E-state index is -0.322. The number of hydrogen-bond acceptors (Lipinski definition) is 3. The first-order valence-electron chi connectivity index (χ1n) is 6.06. The summed E-state index contributed by atoms with van der Waals surface area (Å²) in [6.07, 6.45) is 5.37. The molecule has 1 aromatic heterocycles. The molecule has 1 aromatic carbocycles. The van der Waals surface area contributed by atoms with E-state index >= 15 is 0 Å². The monoisotopic (exact) mass is 413 g/mol. The van der Waals surface area contributed by atoms with E-state index in [9.17, 15) is 4.79 Å². The second-order valence-corrected chi connectivity index (χ2v) is 6.04. The van der Waals surface area contributed by atoms with E-state index in [0.717, 1.165) is 14.5 Å². The van der Waals surface area contributed by atoms with E-state index in [4.69, 9.17) is 4.74 Å². The number of halogens is 2. The smallest absolute Gasteiger partial charge is 0.277 e. The van der Waals surface area contributed by atoms with Crippen molar-refractivity contribution in [1.82, 2.24) is 9.99 Å². The van der Waals surface area contributed by atoms with Crippen LogP contribution in [0, 0.1) is 0 Å². The summed E-state index contributed by atoms with van der Waals surface area (Å²) in [6.45, 7) is -0.105. The van der Waals surface area contributed by atoms with Crippen molar-refractivity contribution in [3.8, 4) is 5.75 Å². The van der Waals surface area contributed by atoms with E-state index in [2.05, 4.69) is 42.4 Å². The lowest BCUT2D eigenvalue weighted by Gasteiger charge is -2.07. The van der Waals surface area contributed by atoms with Gasteiger partial charge in [0.1, 0.15) is 5.75 Å². The lowest BCUT2D eigenvalue weighted by molar-refractivity contribution is -0.123. The van der Waals surface area contributed by atoms with Crippen LogP contribution >= 0.6 is 31.9 Å². The Labute approximate surface area is 139 Å². The minimum absolute atomic E-state index is 0.105. The lowest BCUT2D eigenvalue weighted by Crippen LogP contribution is -2.24. The van der Waals surface area contributed by atoms with Crippen molar-refractivity contribution >= 4 is 44.0 Å². The van der Waals surface area contributed by atoms with Crippen LogP contribution < -0.4 is 10.2 Å². The maximum absolute atomic E-state index is 11.6. The Morgan fingerprint density at radius 1 is 1.43 bits per heavy atom. The van der Waals surface area contributed by atoms with Gasteiger partial charge in [0.05, 0.1) is 10.7 Å². The molecule has 21 heavy (non-hydrogen) atoms. The Balaban J connectivity index is 1.81. The molecule has 2 rings (SSSR count). The van der Waals surface area contributed by atoms with Crippen molar-refractivity contribution in [1.29, 1.82) is 0 Å².